The van der Waals surface area contributed by atoms with E-state index in [-0.39, 0.29) is 5.91 Å². The van der Waals surface area contributed by atoms with E-state index in [1.165, 1.54) is 0 Å². The van der Waals surface area contributed by atoms with Gasteiger partial charge < -0.3 is 25.4 Å². The third kappa shape index (κ3) is 3.56. The second-order valence-electron chi connectivity index (χ2n) is 8.60. The molecule has 1 amide bonds. The third-order valence-corrected chi connectivity index (χ3v) is 6.40. The van der Waals surface area contributed by atoms with Crippen molar-refractivity contribution in [2.24, 2.45) is 5.73 Å². The van der Waals surface area contributed by atoms with Gasteiger partial charge in [-0.15, -0.1) is 0 Å². The van der Waals surface area contributed by atoms with E-state index in [1.807, 2.05) is 60.8 Å². The van der Waals surface area contributed by atoms with Crippen molar-refractivity contribution in [3.63, 3.8) is 0 Å². The summed E-state index contributed by atoms with van der Waals surface area (Å²) in [6, 6.07) is 17.0. The summed E-state index contributed by atoms with van der Waals surface area (Å²) in [6.45, 7) is 1.26. The van der Waals surface area contributed by atoms with Crippen LogP contribution in [0.1, 0.15) is 12.8 Å². The quantitative estimate of drug-likeness (QED) is 0.379. The van der Waals surface area contributed by atoms with Crippen molar-refractivity contribution >= 4 is 39.5 Å². The highest BCUT2D eigenvalue weighted by atomic mass is 16.3. The zero-order chi connectivity index (χ0) is 23.1. The Hall–Kier alpha value is -4.24. The van der Waals surface area contributed by atoms with Crippen molar-refractivity contribution in [3.8, 4) is 11.5 Å². The van der Waals surface area contributed by atoms with E-state index in [4.69, 9.17) is 10.2 Å². The fourth-order valence-corrected chi connectivity index (χ4v) is 4.44. The lowest BCUT2D eigenvalue weighted by Gasteiger charge is -2.38. The highest BCUT2D eigenvalue weighted by molar-refractivity contribution is 5.98. The first-order chi connectivity index (χ1) is 16.6. The molecule has 9 nitrogen and oxygen atoms in total. The Labute approximate surface area is 195 Å². The molecule has 1 fully saturated rings. The predicted octanol–water partition coefficient (Wildman–Crippen LogP) is 3.70. The minimum absolute atomic E-state index is 0.198. The SMILES string of the molecule is NC1(C(=O)Nc2cccc(-c3nc4ccccc4o3)c2)CCN(c2ncnc3[nH]ccc23)CC1. The number of aromatic nitrogens is 4. The fraction of sp³-hybridized carbons (Fsp3) is 0.200. The standard InChI is InChI=1S/C25H23N7O2/c26-25(9-12-32(13-10-25)22-18-8-11-27-21(18)28-15-29-22)24(33)30-17-5-3-4-16(14-17)23-31-19-6-1-2-7-20(19)34-23/h1-8,11,14-15H,9-10,12-13,26H2,(H,30,33)(H,27,28,29). The molecule has 0 bridgehead atoms. The molecule has 4 heterocycles. The summed E-state index contributed by atoms with van der Waals surface area (Å²) < 4.78 is 5.86. The van der Waals surface area contributed by atoms with E-state index in [1.54, 1.807) is 6.33 Å². The Kier molecular flexibility index (Phi) is 4.77. The average Bonchev–Trinajstić information content (AvgIpc) is 3.52. The number of oxazole rings is 1. The number of para-hydroxylation sites is 2. The number of hydrogen-bond donors (Lipinski definition) is 3. The molecular weight excluding hydrogens is 430 g/mol. The lowest BCUT2D eigenvalue weighted by atomic mass is 9.87. The van der Waals surface area contributed by atoms with Crippen LogP contribution in [-0.2, 0) is 4.79 Å². The summed E-state index contributed by atoms with van der Waals surface area (Å²) in [6.07, 6.45) is 4.43. The second kappa shape index (κ2) is 7.96. The summed E-state index contributed by atoms with van der Waals surface area (Å²) in [7, 11) is 0. The van der Waals surface area contributed by atoms with E-state index in [2.05, 4.69) is 30.2 Å². The van der Waals surface area contributed by atoms with Crippen LogP contribution in [0.15, 0.2) is 71.5 Å². The summed E-state index contributed by atoms with van der Waals surface area (Å²) in [4.78, 5) is 31.7. The number of H-pyrrole nitrogens is 1. The Bertz CT molecular complexity index is 1460. The molecule has 6 rings (SSSR count). The number of carbonyl (C=O) groups is 1. The zero-order valence-electron chi connectivity index (χ0n) is 18.4. The topological polar surface area (TPSA) is 126 Å². The number of hydrogen-bond acceptors (Lipinski definition) is 7. The van der Waals surface area contributed by atoms with Crippen LogP contribution in [0.3, 0.4) is 0 Å². The largest absolute Gasteiger partial charge is 0.436 e. The third-order valence-electron chi connectivity index (χ3n) is 6.40. The number of nitrogens with two attached hydrogens (primary N) is 1. The zero-order valence-corrected chi connectivity index (χ0v) is 18.4. The number of benzene rings is 2. The molecule has 9 heteroatoms. The monoisotopic (exact) mass is 453 g/mol. The number of piperidine rings is 1. The number of nitrogens with one attached hydrogen (secondary N) is 2. The highest BCUT2D eigenvalue weighted by Crippen LogP contribution is 2.30. The van der Waals surface area contributed by atoms with Crippen LogP contribution in [0.5, 0.6) is 0 Å². The number of rotatable bonds is 4. The first-order valence-electron chi connectivity index (χ1n) is 11.2. The van der Waals surface area contributed by atoms with Crippen molar-refractivity contribution in [1.29, 1.82) is 0 Å². The fourth-order valence-electron chi connectivity index (χ4n) is 4.44. The predicted molar refractivity (Wildman–Crippen MR) is 130 cm³/mol. The molecule has 5 aromatic rings. The number of carbonyl (C=O) groups excluding carboxylic acids is 1. The Balaban J connectivity index is 1.17. The van der Waals surface area contributed by atoms with Gasteiger partial charge in [-0.3, -0.25) is 4.79 Å². The normalized spacial score (nSPS) is 15.6. The van der Waals surface area contributed by atoms with Crippen LogP contribution in [0.2, 0.25) is 0 Å². The van der Waals surface area contributed by atoms with Gasteiger partial charge >= 0.3 is 0 Å². The number of fused-ring (bicyclic) bond motifs is 2. The molecular formula is C25H23N7O2. The number of amides is 1. The molecule has 1 saturated heterocycles. The molecule has 170 valence electrons. The Morgan fingerprint density at radius 2 is 1.94 bits per heavy atom. The molecule has 4 N–H and O–H groups in total. The maximum absolute atomic E-state index is 13.2. The van der Waals surface area contributed by atoms with E-state index in [9.17, 15) is 4.79 Å². The van der Waals surface area contributed by atoms with Crippen molar-refractivity contribution in [2.45, 2.75) is 18.4 Å². The molecule has 0 saturated carbocycles. The highest BCUT2D eigenvalue weighted by Gasteiger charge is 2.38. The molecule has 0 unspecified atom stereocenters. The average molecular weight is 454 g/mol. The minimum Gasteiger partial charge on any atom is -0.436 e. The summed E-state index contributed by atoms with van der Waals surface area (Å²) in [5.74, 6) is 1.17. The smallest absolute Gasteiger partial charge is 0.244 e. The van der Waals surface area contributed by atoms with Crippen LogP contribution >= 0.6 is 0 Å². The van der Waals surface area contributed by atoms with Gasteiger partial charge in [-0.2, -0.15) is 0 Å². The summed E-state index contributed by atoms with van der Waals surface area (Å²) in [5, 5.41) is 3.96. The van der Waals surface area contributed by atoms with Crippen molar-refractivity contribution < 1.29 is 9.21 Å². The lowest BCUT2D eigenvalue weighted by molar-refractivity contribution is -0.121. The van der Waals surface area contributed by atoms with Crippen LogP contribution in [0, 0.1) is 0 Å². The maximum Gasteiger partial charge on any atom is 0.244 e. The van der Waals surface area contributed by atoms with E-state index >= 15 is 0 Å². The van der Waals surface area contributed by atoms with Gasteiger partial charge in [0, 0.05) is 30.5 Å². The van der Waals surface area contributed by atoms with Crippen LogP contribution < -0.4 is 16.0 Å². The van der Waals surface area contributed by atoms with Gasteiger partial charge in [0.2, 0.25) is 11.8 Å². The molecule has 34 heavy (non-hydrogen) atoms. The van der Waals surface area contributed by atoms with Gasteiger partial charge in [-0.1, -0.05) is 18.2 Å². The molecule has 1 aliphatic heterocycles. The van der Waals surface area contributed by atoms with Gasteiger partial charge in [0.05, 0.1) is 10.9 Å². The molecule has 0 aliphatic carbocycles. The van der Waals surface area contributed by atoms with E-state index in [0.717, 1.165) is 33.5 Å². The first-order valence-corrected chi connectivity index (χ1v) is 11.2. The summed E-state index contributed by atoms with van der Waals surface area (Å²) >= 11 is 0. The Morgan fingerprint density at radius 1 is 1.09 bits per heavy atom. The second-order valence-corrected chi connectivity index (χ2v) is 8.60. The molecule has 0 atom stereocenters. The molecule has 0 spiro atoms. The van der Waals surface area contributed by atoms with Crippen LogP contribution in [-0.4, -0.2) is 44.5 Å². The molecule has 3 aromatic heterocycles. The number of aromatic amines is 1. The van der Waals surface area contributed by atoms with E-state index < -0.39 is 5.54 Å². The molecule has 2 aromatic carbocycles. The van der Waals surface area contributed by atoms with E-state index in [0.29, 0.717) is 37.5 Å². The minimum atomic E-state index is -0.964. The van der Waals surface area contributed by atoms with Crippen LogP contribution in [0.4, 0.5) is 11.5 Å². The first kappa shape index (κ1) is 20.4. The van der Waals surface area contributed by atoms with Crippen molar-refractivity contribution in [2.75, 3.05) is 23.3 Å². The van der Waals surface area contributed by atoms with Gasteiger partial charge in [0.25, 0.3) is 0 Å². The van der Waals surface area contributed by atoms with Crippen LogP contribution in [0.25, 0.3) is 33.6 Å². The Morgan fingerprint density at radius 3 is 2.79 bits per heavy atom. The molecule has 1 aliphatic rings. The van der Waals surface area contributed by atoms with Gasteiger partial charge in [0.1, 0.15) is 23.3 Å². The van der Waals surface area contributed by atoms with Gasteiger partial charge in [-0.25, -0.2) is 15.0 Å². The summed E-state index contributed by atoms with van der Waals surface area (Å²) in [5.41, 5.74) is 9.36. The molecule has 0 radical (unpaired) electrons. The number of nitrogens with zero attached hydrogens (tertiary/aromatic N) is 4. The van der Waals surface area contributed by atoms with Crippen molar-refractivity contribution in [3.05, 3.63) is 67.1 Å². The van der Waals surface area contributed by atoms with Crippen molar-refractivity contribution in [1.82, 2.24) is 19.9 Å². The maximum atomic E-state index is 13.2. The number of anilines is 2. The van der Waals surface area contributed by atoms with Gasteiger partial charge in [0.15, 0.2) is 5.58 Å². The van der Waals surface area contributed by atoms with Gasteiger partial charge in [-0.05, 0) is 49.2 Å². The lowest BCUT2D eigenvalue weighted by Crippen LogP contribution is -2.58.